The van der Waals surface area contributed by atoms with E-state index in [1.807, 2.05) is 17.5 Å². The van der Waals surface area contributed by atoms with Gasteiger partial charge in [-0.25, -0.2) is 4.79 Å². The molecule has 0 aliphatic rings. The van der Waals surface area contributed by atoms with Crippen LogP contribution in [0.25, 0.3) is 0 Å². The highest BCUT2D eigenvalue weighted by atomic mass is 32.1. The molecule has 0 spiro atoms. The first-order chi connectivity index (χ1) is 9.24. The van der Waals surface area contributed by atoms with E-state index in [2.05, 4.69) is 24.5 Å². The van der Waals surface area contributed by atoms with Crippen molar-refractivity contribution >= 4 is 23.3 Å². The van der Waals surface area contributed by atoms with Crippen LogP contribution < -0.4 is 10.6 Å². The van der Waals surface area contributed by atoms with Gasteiger partial charge in [-0.1, -0.05) is 19.9 Å². The van der Waals surface area contributed by atoms with Gasteiger partial charge < -0.3 is 15.7 Å². The molecule has 0 aromatic carbocycles. The zero-order valence-electron chi connectivity index (χ0n) is 12.3. The number of carboxylic acids is 1. The van der Waals surface area contributed by atoms with Gasteiger partial charge in [0.2, 0.25) is 0 Å². The van der Waals surface area contributed by atoms with Gasteiger partial charge in [0.1, 0.15) is 0 Å². The normalized spacial score (nSPS) is 14.4. The van der Waals surface area contributed by atoms with Crippen molar-refractivity contribution in [1.29, 1.82) is 0 Å². The summed E-state index contributed by atoms with van der Waals surface area (Å²) < 4.78 is 0. The number of carbonyl (C=O) groups excluding carboxylic acids is 1. The molecule has 3 N–H and O–H groups in total. The van der Waals surface area contributed by atoms with E-state index in [0.29, 0.717) is 6.54 Å². The third-order valence-electron chi connectivity index (χ3n) is 3.38. The largest absolute Gasteiger partial charge is 0.481 e. The van der Waals surface area contributed by atoms with Gasteiger partial charge in [-0.05, 0) is 25.3 Å². The zero-order valence-corrected chi connectivity index (χ0v) is 13.1. The third-order valence-corrected chi connectivity index (χ3v) is 4.61. The van der Waals surface area contributed by atoms with Crippen molar-refractivity contribution in [2.24, 2.45) is 5.92 Å². The van der Waals surface area contributed by atoms with Crippen molar-refractivity contribution < 1.29 is 14.7 Å². The van der Waals surface area contributed by atoms with Gasteiger partial charge in [-0.3, -0.25) is 4.79 Å². The summed E-state index contributed by atoms with van der Waals surface area (Å²) in [4.78, 5) is 23.8. The molecule has 0 bridgehead atoms. The van der Waals surface area contributed by atoms with Crippen LogP contribution in [0.2, 0.25) is 0 Å². The molecule has 0 saturated heterocycles. The molecule has 0 aliphatic carbocycles. The molecule has 0 aliphatic heterocycles. The Hall–Kier alpha value is -1.56. The number of rotatable bonds is 6. The minimum Gasteiger partial charge on any atom is -0.481 e. The van der Waals surface area contributed by atoms with Crippen molar-refractivity contribution in [2.75, 3.05) is 6.54 Å². The Morgan fingerprint density at radius 2 is 2.05 bits per heavy atom. The van der Waals surface area contributed by atoms with Crippen LogP contribution in [0.1, 0.15) is 32.6 Å². The van der Waals surface area contributed by atoms with E-state index in [9.17, 15) is 9.59 Å². The Balaban J connectivity index is 2.46. The number of carboxylic acid groups (broad SMARTS) is 1. The molecule has 5 nitrogen and oxygen atoms in total. The van der Waals surface area contributed by atoms with Gasteiger partial charge in [0, 0.05) is 22.9 Å². The van der Waals surface area contributed by atoms with Gasteiger partial charge in [0.15, 0.2) is 0 Å². The van der Waals surface area contributed by atoms with Gasteiger partial charge in [-0.2, -0.15) is 0 Å². The fraction of sp³-hybridized carbons (Fsp3) is 0.571. The second-order valence-corrected chi connectivity index (χ2v) is 6.55. The summed E-state index contributed by atoms with van der Waals surface area (Å²) in [6.45, 7) is 7.87. The zero-order chi connectivity index (χ0) is 15.3. The molecule has 112 valence electrons. The molecule has 1 heterocycles. The first-order valence-electron chi connectivity index (χ1n) is 6.55. The van der Waals surface area contributed by atoms with Crippen LogP contribution in [-0.4, -0.2) is 29.7 Å². The summed E-state index contributed by atoms with van der Waals surface area (Å²) in [6, 6.07) is 3.27. The Morgan fingerprint density at radius 3 is 2.55 bits per heavy atom. The fourth-order valence-corrected chi connectivity index (χ4v) is 2.50. The highest BCUT2D eigenvalue weighted by molar-refractivity contribution is 7.10. The van der Waals surface area contributed by atoms with Crippen LogP contribution >= 0.6 is 11.3 Å². The van der Waals surface area contributed by atoms with Crippen LogP contribution in [0.4, 0.5) is 4.79 Å². The highest BCUT2D eigenvalue weighted by Gasteiger charge is 2.24. The predicted octanol–water partition coefficient (Wildman–Crippen LogP) is 2.43. The summed E-state index contributed by atoms with van der Waals surface area (Å²) >= 11 is 1.65. The highest BCUT2D eigenvalue weighted by Crippen LogP contribution is 2.26. The molecular formula is C14H22N2O3S. The van der Waals surface area contributed by atoms with Crippen LogP contribution in [-0.2, 0) is 10.2 Å². The lowest BCUT2D eigenvalue weighted by Gasteiger charge is -2.25. The number of carbonyl (C=O) groups is 2. The number of thiophene rings is 1. The molecule has 1 aromatic heterocycles. The van der Waals surface area contributed by atoms with E-state index in [0.717, 1.165) is 0 Å². The topological polar surface area (TPSA) is 78.4 Å². The summed E-state index contributed by atoms with van der Waals surface area (Å²) in [6.07, 6.45) is 0. The molecular weight excluding hydrogens is 276 g/mol. The van der Waals surface area contributed by atoms with Crippen LogP contribution in [0, 0.1) is 5.92 Å². The maximum absolute atomic E-state index is 11.8. The number of hydrogen-bond donors (Lipinski definition) is 3. The van der Waals surface area contributed by atoms with Crippen molar-refractivity contribution in [3.63, 3.8) is 0 Å². The standard InChI is InChI=1S/C14H22N2O3S/c1-9(12(17)18)10(2)16-13(19)15-8-14(3,4)11-6-5-7-20-11/h5-7,9-10H,8H2,1-4H3,(H,17,18)(H2,15,16,19). The summed E-state index contributed by atoms with van der Waals surface area (Å²) in [7, 11) is 0. The van der Waals surface area contributed by atoms with E-state index in [1.54, 1.807) is 25.2 Å². The maximum atomic E-state index is 11.8. The Kier molecular flexibility index (Phi) is 5.56. The van der Waals surface area contributed by atoms with Crippen molar-refractivity contribution in [3.05, 3.63) is 22.4 Å². The molecule has 0 fully saturated rings. The SMILES string of the molecule is CC(NC(=O)NCC(C)(C)c1cccs1)C(C)C(=O)O. The molecule has 6 heteroatoms. The summed E-state index contributed by atoms with van der Waals surface area (Å²) in [5.74, 6) is -1.54. The van der Waals surface area contributed by atoms with Gasteiger partial charge in [-0.15, -0.1) is 11.3 Å². The second-order valence-electron chi connectivity index (χ2n) is 5.60. The minimum absolute atomic E-state index is 0.146. The molecule has 2 amide bonds. The summed E-state index contributed by atoms with van der Waals surface area (Å²) in [5.41, 5.74) is -0.146. The fourth-order valence-electron chi connectivity index (χ4n) is 1.65. The van der Waals surface area contributed by atoms with Crippen LogP contribution in [0.5, 0.6) is 0 Å². The molecule has 1 aromatic rings. The molecule has 2 unspecified atom stereocenters. The smallest absolute Gasteiger partial charge is 0.315 e. The Bertz CT molecular complexity index is 457. The molecule has 1 rings (SSSR count). The predicted molar refractivity (Wildman–Crippen MR) is 80.1 cm³/mol. The van der Waals surface area contributed by atoms with E-state index in [1.165, 1.54) is 4.88 Å². The number of nitrogens with one attached hydrogen (secondary N) is 2. The van der Waals surface area contributed by atoms with E-state index in [4.69, 9.17) is 5.11 Å². The Morgan fingerprint density at radius 1 is 1.40 bits per heavy atom. The number of urea groups is 1. The molecule has 0 saturated carbocycles. The van der Waals surface area contributed by atoms with Gasteiger partial charge in [0.05, 0.1) is 5.92 Å². The first-order valence-corrected chi connectivity index (χ1v) is 7.43. The monoisotopic (exact) mass is 298 g/mol. The lowest BCUT2D eigenvalue weighted by Crippen LogP contribution is -2.47. The summed E-state index contributed by atoms with van der Waals surface area (Å²) in [5, 5.41) is 16.3. The first kappa shape index (κ1) is 16.5. The van der Waals surface area contributed by atoms with Crippen LogP contribution in [0.15, 0.2) is 17.5 Å². The lowest BCUT2D eigenvalue weighted by molar-refractivity contribution is -0.141. The lowest BCUT2D eigenvalue weighted by atomic mass is 9.91. The number of aliphatic carboxylic acids is 1. The molecule has 20 heavy (non-hydrogen) atoms. The minimum atomic E-state index is -0.920. The third kappa shape index (κ3) is 4.52. The quantitative estimate of drug-likeness (QED) is 0.754. The van der Waals surface area contributed by atoms with Gasteiger partial charge >= 0.3 is 12.0 Å². The number of hydrogen-bond acceptors (Lipinski definition) is 3. The molecule has 0 radical (unpaired) electrons. The van der Waals surface area contributed by atoms with E-state index >= 15 is 0 Å². The van der Waals surface area contributed by atoms with E-state index < -0.39 is 17.9 Å². The van der Waals surface area contributed by atoms with Crippen LogP contribution in [0.3, 0.4) is 0 Å². The van der Waals surface area contributed by atoms with Crippen molar-refractivity contribution in [2.45, 2.75) is 39.2 Å². The number of amides is 2. The van der Waals surface area contributed by atoms with Crippen molar-refractivity contribution in [1.82, 2.24) is 10.6 Å². The van der Waals surface area contributed by atoms with Crippen molar-refractivity contribution in [3.8, 4) is 0 Å². The second kappa shape index (κ2) is 6.74. The maximum Gasteiger partial charge on any atom is 0.315 e. The molecule has 2 atom stereocenters. The Labute approximate surface area is 123 Å². The van der Waals surface area contributed by atoms with E-state index in [-0.39, 0.29) is 11.4 Å². The average molecular weight is 298 g/mol. The average Bonchev–Trinajstić information content (AvgIpc) is 2.90. The van der Waals surface area contributed by atoms with Gasteiger partial charge in [0.25, 0.3) is 0 Å².